The Kier molecular flexibility index (Phi) is 6.98. The van der Waals surface area contributed by atoms with Crippen molar-refractivity contribution in [1.82, 2.24) is 0 Å². The number of carbonyl (C=O) groups excluding carboxylic acids is 3. The molecule has 0 aliphatic carbocycles. The summed E-state index contributed by atoms with van der Waals surface area (Å²) in [5.74, 6) is -1.05. The summed E-state index contributed by atoms with van der Waals surface area (Å²) in [5, 5.41) is 8.59. The van der Waals surface area contributed by atoms with Crippen molar-refractivity contribution in [1.29, 1.82) is 0 Å². The van der Waals surface area contributed by atoms with Gasteiger partial charge in [-0.2, -0.15) is 5.10 Å². The lowest BCUT2D eigenvalue weighted by molar-refractivity contribution is -0.135. The van der Waals surface area contributed by atoms with Crippen molar-refractivity contribution in [3.05, 3.63) is 90.5 Å². The maximum atomic E-state index is 13.0. The topological polar surface area (TPSA) is 97.3 Å². The number of carbonyl (C=O) groups is 3. The first kappa shape index (κ1) is 22.7. The minimum Gasteiger partial charge on any atom is -0.461 e. The maximum Gasteiger partial charge on any atom is 0.354 e. The van der Waals surface area contributed by atoms with E-state index in [1.807, 2.05) is 24.3 Å². The van der Waals surface area contributed by atoms with Crippen molar-refractivity contribution in [2.24, 2.45) is 5.10 Å². The van der Waals surface area contributed by atoms with Crippen LogP contribution in [0.15, 0.2) is 90.0 Å². The second-order valence-corrected chi connectivity index (χ2v) is 7.43. The van der Waals surface area contributed by atoms with Crippen LogP contribution in [-0.4, -0.2) is 36.2 Å². The van der Waals surface area contributed by atoms with E-state index >= 15 is 0 Å². The fraction of sp³-hybridized carbons (Fsp3) is 0.154. The molecule has 0 fully saturated rings. The van der Waals surface area contributed by atoms with Gasteiger partial charge in [-0.1, -0.05) is 36.4 Å². The normalized spacial score (nSPS) is 14.8. The standard InChI is InChI=1S/C26H23N3O5/c1-2-33-25(31)22-17-23(29(28-22)20-11-7-4-8-12-20)26(32)34-21-15-13-19(14-16-21)27-24(30)18-9-5-3-6-10-18/h3-16,23H,2,17H2,1H3,(H,27,30). The maximum absolute atomic E-state index is 13.0. The van der Waals surface area contributed by atoms with Crippen LogP contribution >= 0.6 is 0 Å². The summed E-state index contributed by atoms with van der Waals surface area (Å²) in [6.07, 6.45) is 0.0672. The number of amides is 1. The van der Waals surface area contributed by atoms with Crippen LogP contribution in [0.25, 0.3) is 0 Å². The zero-order chi connectivity index (χ0) is 23.9. The average Bonchev–Trinajstić information content (AvgIpc) is 3.32. The van der Waals surface area contributed by atoms with E-state index in [1.165, 1.54) is 5.01 Å². The SMILES string of the molecule is CCOC(=O)C1=NN(c2ccccc2)C(C(=O)Oc2ccc(NC(=O)c3ccccc3)cc2)C1. The first-order valence-electron chi connectivity index (χ1n) is 10.8. The molecule has 0 radical (unpaired) electrons. The summed E-state index contributed by atoms with van der Waals surface area (Å²) in [6.45, 7) is 1.92. The Morgan fingerprint density at radius 2 is 1.59 bits per heavy atom. The zero-order valence-electron chi connectivity index (χ0n) is 18.5. The summed E-state index contributed by atoms with van der Waals surface area (Å²) in [6, 6.07) is 23.6. The Balaban J connectivity index is 1.44. The molecule has 8 heteroatoms. The lowest BCUT2D eigenvalue weighted by Crippen LogP contribution is -2.37. The molecule has 1 unspecified atom stereocenters. The Labute approximate surface area is 196 Å². The average molecular weight is 457 g/mol. The third kappa shape index (κ3) is 5.29. The number of ether oxygens (including phenoxy) is 2. The predicted octanol–water partition coefficient (Wildman–Crippen LogP) is 4.04. The fourth-order valence-corrected chi connectivity index (χ4v) is 3.43. The number of hydrogen-bond donors (Lipinski definition) is 1. The van der Waals surface area contributed by atoms with Gasteiger partial charge in [0.25, 0.3) is 5.91 Å². The highest BCUT2D eigenvalue weighted by Crippen LogP contribution is 2.27. The fourth-order valence-electron chi connectivity index (χ4n) is 3.43. The van der Waals surface area contributed by atoms with Gasteiger partial charge in [-0.15, -0.1) is 0 Å². The van der Waals surface area contributed by atoms with Gasteiger partial charge < -0.3 is 14.8 Å². The smallest absolute Gasteiger partial charge is 0.354 e. The summed E-state index contributed by atoms with van der Waals surface area (Å²) in [5.41, 5.74) is 1.92. The van der Waals surface area contributed by atoms with Crippen LogP contribution in [0.4, 0.5) is 11.4 Å². The highest BCUT2D eigenvalue weighted by atomic mass is 16.5. The molecular weight excluding hydrogens is 434 g/mol. The molecule has 3 aromatic rings. The Morgan fingerprint density at radius 3 is 2.24 bits per heavy atom. The van der Waals surface area contributed by atoms with Crippen molar-refractivity contribution in [3.8, 4) is 5.75 Å². The van der Waals surface area contributed by atoms with Crippen molar-refractivity contribution in [3.63, 3.8) is 0 Å². The molecule has 1 heterocycles. The van der Waals surface area contributed by atoms with E-state index in [4.69, 9.17) is 9.47 Å². The van der Waals surface area contributed by atoms with E-state index in [2.05, 4.69) is 10.4 Å². The van der Waals surface area contributed by atoms with E-state index in [1.54, 1.807) is 67.6 Å². The van der Waals surface area contributed by atoms with E-state index in [9.17, 15) is 14.4 Å². The largest absolute Gasteiger partial charge is 0.461 e. The van der Waals surface area contributed by atoms with E-state index in [-0.39, 0.29) is 24.6 Å². The highest BCUT2D eigenvalue weighted by Gasteiger charge is 2.38. The molecule has 8 nitrogen and oxygen atoms in total. The number of hydrogen-bond acceptors (Lipinski definition) is 7. The summed E-state index contributed by atoms with van der Waals surface area (Å²) >= 11 is 0. The molecule has 34 heavy (non-hydrogen) atoms. The number of rotatable bonds is 7. The predicted molar refractivity (Wildman–Crippen MR) is 128 cm³/mol. The number of nitrogens with zero attached hydrogens (tertiary/aromatic N) is 2. The van der Waals surface area contributed by atoms with Crippen LogP contribution in [0.2, 0.25) is 0 Å². The minimum absolute atomic E-state index is 0.0672. The van der Waals surface area contributed by atoms with Crippen molar-refractivity contribution in [2.45, 2.75) is 19.4 Å². The Hall–Kier alpha value is -4.46. The second-order valence-electron chi connectivity index (χ2n) is 7.43. The van der Waals surface area contributed by atoms with E-state index in [0.717, 1.165) is 0 Å². The van der Waals surface area contributed by atoms with Crippen LogP contribution in [-0.2, 0) is 14.3 Å². The molecule has 0 saturated heterocycles. The first-order valence-corrected chi connectivity index (χ1v) is 10.8. The monoisotopic (exact) mass is 457 g/mol. The van der Waals surface area contributed by atoms with Gasteiger partial charge in [0.05, 0.1) is 12.3 Å². The Bertz CT molecular complexity index is 1190. The number of hydrazone groups is 1. The van der Waals surface area contributed by atoms with Crippen molar-refractivity contribution < 1.29 is 23.9 Å². The molecule has 3 aromatic carbocycles. The zero-order valence-corrected chi connectivity index (χ0v) is 18.5. The van der Waals surface area contributed by atoms with Crippen LogP contribution in [0.1, 0.15) is 23.7 Å². The number of esters is 2. The number of para-hydroxylation sites is 1. The number of anilines is 2. The third-order valence-corrected chi connectivity index (χ3v) is 5.08. The molecule has 1 aliphatic rings. The molecule has 1 amide bonds. The molecule has 0 spiro atoms. The van der Waals surface area contributed by atoms with Gasteiger partial charge in [-0.05, 0) is 55.5 Å². The van der Waals surface area contributed by atoms with Crippen LogP contribution in [0, 0.1) is 0 Å². The minimum atomic E-state index is -0.820. The number of nitrogens with one attached hydrogen (secondary N) is 1. The van der Waals surface area contributed by atoms with Gasteiger partial charge >= 0.3 is 11.9 Å². The van der Waals surface area contributed by atoms with Crippen LogP contribution in [0.5, 0.6) is 5.75 Å². The molecule has 0 saturated carbocycles. The van der Waals surface area contributed by atoms with Gasteiger partial charge in [0.1, 0.15) is 11.5 Å². The highest BCUT2D eigenvalue weighted by molar-refractivity contribution is 6.38. The lowest BCUT2D eigenvalue weighted by atomic mass is 10.1. The lowest BCUT2D eigenvalue weighted by Gasteiger charge is -2.21. The van der Waals surface area contributed by atoms with Gasteiger partial charge in [0.2, 0.25) is 0 Å². The molecule has 1 aliphatic heterocycles. The summed E-state index contributed by atoms with van der Waals surface area (Å²) in [4.78, 5) is 37.5. The summed E-state index contributed by atoms with van der Waals surface area (Å²) in [7, 11) is 0. The van der Waals surface area contributed by atoms with Gasteiger partial charge in [-0.3, -0.25) is 9.80 Å². The van der Waals surface area contributed by atoms with Gasteiger partial charge in [0, 0.05) is 17.7 Å². The molecule has 0 aromatic heterocycles. The van der Waals surface area contributed by atoms with Gasteiger partial charge in [0.15, 0.2) is 6.04 Å². The molecule has 0 bridgehead atoms. The van der Waals surface area contributed by atoms with Gasteiger partial charge in [-0.25, -0.2) is 9.59 Å². The first-order chi connectivity index (χ1) is 16.5. The van der Waals surface area contributed by atoms with Crippen LogP contribution in [0.3, 0.4) is 0 Å². The third-order valence-electron chi connectivity index (χ3n) is 5.08. The molecule has 1 N–H and O–H groups in total. The van der Waals surface area contributed by atoms with Crippen LogP contribution < -0.4 is 15.1 Å². The van der Waals surface area contributed by atoms with Crippen molar-refractivity contribution >= 4 is 34.9 Å². The quantitative estimate of drug-likeness (QED) is 0.425. The number of benzene rings is 3. The van der Waals surface area contributed by atoms with E-state index < -0.39 is 18.0 Å². The molecule has 4 rings (SSSR count). The second kappa shape index (κ2) is 10.4. The Morgan fingerprint density at radius 1 is 0.941 bits per heavy atom. The molecule has 1 atom stereocenters. The van der Waals surface area contributed by atoms with Crippen molar-refractivity contribution in [2.75, 3.05) is 16.9 Å². The van der Waals surface area contributed by atoms with E-state index in [0.29, 0.717) is 22.7 Å². The molecule has 172 valence electrons. The molecular formula is C26H23N3O5. The summed E-state index contributed by atoms with van der Waals surface area (Å²) < 4.78 is 10.6.